The van der Waals surface area contributed by atoms with Crippen LogP contribution >= 0.6 is 0 Å². The van der Waals surface area contributed by atoms with Crippen molar-refractivity contribution in [2.45, 2.75) is 28.7 Å². The number of aryl methyl sites for hydroxylation is 2. The summed E-state index contributed by atoms with van der Waals surface area (Å²) < 4.78 is 0. The first kappa shape index (κ1) is 20.4. The molecule has 0 aliphatic rings. The van der Waals surface area contributed by atoms with E-state index in [1.807, 2.05) is 13.0 Å². The van der Waals surface area contributed by atoms with Gasteiger partial charge >= 0.3 is 5.97 Å². The van der Waals surface area contributed by atoms with Gasteiger partial charge in [0.25, 0.3) is 0 Å². The quantitative estimate of drug-likeness (QED) is 0.588. The molecule has 0 aliphatic heterocycles. The van der Waals surface area contributed by atoms with Crippen molar-refractivity contribution in [3.05, 3.63) is 83.4 Å². The fourth-order valence-corrected chi connectivity index (χ4v) is 2.19. The molecule has 0 spiro atoms. The third-order valence-corrected chi connectivity index (χ3v) is 3.27. The summed E-state index contributed by atoms with van der Waals surface area (Å²) in [4.78, 5) is 10.5. The van der Waals surface area contributed by atoms with E-state index in [0.717, 1.165) is 11.1 Å². The first-order chi connectivity index (χ1) is 10.1. The largest absolute Gasteiger partial charge is 0.478 e. The molecule has 0 fully saturated rings. The molecule has 23 heavy (non-hydrogen) atoms. The highest BCUT2D eigenvalue weighted by molar-refractivity contribution is 5.89. The van der Waals surface area contributed by atoms with Crippen LogP contribution in [0.1, 0.15) is 36.3 Å². The summed E-state index contributed by atoms with van der Waals surface area (Å²) in [5.41, 5.74) is 2.29. The predicted molar refractivity (Wildman–Crippen MR) is 100 cm³/mol. The van der Waals surface area contributed by atoms with E-state index < -0.39 is 5.97 Å². The molecule has 0 saturated heterocycles. The van der Waals surface area contributed by atoms with Gasteiger partial charge in [-0.05, 0) is 36.2 Å². The molecular formula is C21H26O2. The fraction of sp³-hybridized carbons (Fsp3) is 0.190. The van der Waals surface area contributed by atoms with Gasteiger partial charge in [0.15, 0.2) is 0 Å². The third-order valence-electron chi connectivity index (χ3n) is 3.27. The summed E-state index contributed by atoms with van der Waals surface area (Å²) in [5, 5.41) is 11.3. The molecule has 0 bridgehead atoms. The van der Waals surface area contributed by atoms with Crippen molar-refractivity contribution in [2.24, 2.45) is 0 Å². The topological polar surface area (TPSA) is 37.3 Å². The molecule has 1 N–H and O–H groups in total. The van der Waals surface area contributed by atoms with Crippen LogP contribution in [0.25, 0.3) is 10.8 Å². The maximum absolute atomic E-state index is 10.5. The molecule has 0 radical (unpaired) electrons. The number of carboxylic acids is 1. The number of benzene rings is 3. The highest BCUT2D eigenvalue weighted by Crippen LogP contribution is 2.11. The zero-order chi connectivity index (χ0) is 15.2. The molecule has 0 heterocycles. The smallest absolute Gasteiger partial charge is 0.335 e. The lowest BCUT2D eigenvalue weighted by atomic mass is 10.1. The first-order valence-corrected chi connectivity index (χ1v) is 6.82. The summed E-state index contributed by atoms with van der Waals surface area (Å²) in [6.07, 6.45) is 0. The van der Waals surface area contributed by atoms with Gasteiger partial charge in [0.1, 0.15) is 0 Å². The van der Waals surface area contributed by atoms with E-state index in [2.05, 4.69) is 48.5 Å². The van der Waals surface area contributed by atoms with Crippen LogP contribution in [0.15, 0.2) is 66.7 Å². The van der Waals surface area contributed by atoms with Crippen LogP contribution in [0.2, 0.25) is 0 Å². The van der Waals surface area contributed by atoms with Gasteiger partial charge in [-0.25, -0.2) is 4.79 Å². The number of carbonyl (C=O) groups is 1. The van der Waals surface area contributed by atoms with Gasteiger partial charge in [0.2, 0.25) is 0 Å². The standard InChI is InChI=1S/C10H8.C9H10O2.2CH4/c1-2-6-10-8-4-3-7-9(10)5-1;1-6-3-4-8(9(10)11)7(2)5-6;;/h1-8H;3-5H,1-2H3,(H,10,11);2*1H4. The average Bonchev–Trinajstić information content (AvgIpc) is 2.47. The lowest BCUT2D eigenvalue weighted by Crippen LogP contribution is -1.99. The molecule has 0 atom stereocenters. The Bertz CT molecular complexity index is 695. The van der Waals surface area contributed by atoms with E-state index in [1.165, 1.54) is 10.8 Å². The summed E-state index contributed by atoms with van der Waals surface area (Å²) >= 11 is 0. The predicted octanol–water partition coefficient (Wildman–Crippen LogP) is 6.11. The van der Waals surface area contributed by atoms with Gasteiger partial charge in [-0.15, -0.1) is 0 Å². The maximum Gasteiger partial charge on any atom is 0.335 e. The van der Waals surface area contributed by atoms with Gasteiger partial charge < -0.3 is 5.11 Å². The second-order valence-corrected chi connectivity index (χ2v) is 4.97. The Labute approximate surface area is 139 Å². The number of aromatic carboxylic acids is 1. The summed E-state index contributed by atoms with van der Waals surface area (Å²) in [6.45, 7) is 3.75. The van der Waals surface area contributed by atoms with Gasteiger partial charge in [0.05, 0.1) is 5.56 Å². The van der Waals surface area contributed by atoms with Crippen LogP contribution in [0, 0.1) is 13.8 Å². The van der Waals surface area contributed by atoms with E-state index in [9.17, 15) is 4.79 Å². The Balaban J connectivity index is 0.000000388. The van der Waals surface area contributed by atoms with Crippen LogP contribution in [0.3, 0.4) is 0 Å². The van der Waals surface area contributed by atoms with Crippen LogP contribution in [-0.4, -0.2) is 11.1 Å². The van der Waals surface area contributed by atoms with Gasteiger partial charge in [-0.3, -0.25) is 0 Å². The average molecular weight is 310 g/mol. The third kappa shape index (κ3) is 5.59. The van der Waals surface area contributed by atoms with E-state index in [1.54, 1.807) is 19.1 Å². The van der Waals surface area contributed by atoms with Crippen molar-refractivity contribution < 1.29 is 9.90 Å². The Morgan fingerprint density at radius 2 is 1.22 bits per heavy atom. The molecule has 2 heteroatoms. The molecule has 0 aromatic heterocycles. The molecule has 0 amide bonds. The van der Waals surface area contributed by atoms with Gasteiger partial charge in [-0.2, -0.15) is 0 Å². The minimum atomic E-state index is -0.859. The maximum atomic E-state index is 10.5. The normalized spacial score (nSPS) is 8.96. The first-order valence-electron chi connectivity index (χ1n) is 6.82. The van der Waals surface area contributed by atoms with Crippen molar-refractivity contribution in [2.75, 3.05) is 0 Å². The summed E-state index contributed by atoms with van der Waals surface area (Å²) in [5.74, 6) is -0.859. The van der Waals surface area contributed by atoms with Crippen molar-refractivity contribution in [1.82, 2.24) is 0 Å². The molecule has 3 aromatic carbocycles. The zero-order valence-electron chi connectivity index (χ0n) is 12.2. The van der Waals surface area contributed by atoms with Crippen molar-refractivity contribution in [3.8, 4) is 0 Å². The molecule has 122 valence electrons. The highest BCUT2D eigenvalue weighted by atomic mass is 16.4. The minimum Gasteiger partial charge on any atom is -0.478 e. The summed E-state index contributed by atoms with van der Waals surface area (Å²) in [7, 11) is 0. The fourth-order valence-electron chi connectivity index (χ4n) is 2.19. The van der Waals surface area contributed by atoms with E-state index in [-0.39, 0.29) is 14.9 Å². The van der Waals surface area contributed by atoms with Gasteiger partial charge in [-0.1, -0.05) is 81.1 Å². The Morgan fingerprint density at radius 1 is 0.783 bits per heavy atom. The Kier molecular flexibility index (Phi) is 8.35. The highest BCUT2D eigenvalue weighted by Gasteiger charge is 2.04. The Hall–Kier alpha value is -2.61. The second kappa shape index (κ2) is 9.42. The zero-order valence-corrected chi connectivity index (χ0v) is 12.2. The number of fused-ring (bicyclic) bond motifs is 1. The van der Waals surface area contributed by atoms with Crippen molar-refractivity contribution in [1.29, 1.82) is 0 Å². The Morgan fingerprint density at radius 3 is 1.57 bits per heavy atom. The molecule has 3 aromatic rings. The van der Waals surface area contributed by atoms with Crippen LogP contribution in [0.4, 0.5) is 0 Å². The second-order valence-electron chi connectivity index (χ2n) is 4.97. The molecule has 0 saturated carbocycles. The number of rotatable bonds is 1. The van der Waals surface area contributed by atoms with Crippen LogP contribution in [-0.2, 0) is 0 Å². The monoisotopic (exact) mass is 310 g/mol. The number of hydrogen-bond donors (Lipinski definition) is 1. The number of carboxylic acid groups (broad SMARTS) is 1. The van der Waals surface area contributed by atoms with Crippen molar-refractivity contribution >= 4 is 16.7 Å². The van der Waals surface area contributed by atoms with E-state index >= 15 is 0 Å². The van der Waals surface area contributed by atoms with Crippen molar-refractivity contribution in [3.63, 3.8) is 0 Å². The van der Waals surface area contributed by atoms with E-state index in [0.29, 0.717) is 5.56 Å². The molecular weight excluding hydrogens is 284 g/mol. The SMILES string of the molecule is C.C.Cc1ccc(C(=O)O)c(C)c1.c1ccc2ccccc2c1. The molecule has 0 aliphatic carbocycles. The lowest BCUT2D eigenvalue weighted by molar-refractivity contribution is 0.0696. The van der Waals surface area contributed by atoms with Gasteiger partial charge in [0, 0.05) is 0 Å². The van der Waals surface area contributed by atoms with Crippen LogP contribution in [0.5, 0.6) is 0 Å². The minimum absolute atomic E-state index is 0. The molecule has 0 unspecified atom stereocenters. The summed E-state index contributed by atoms with van der Waals surface area (Å²) in [6, 6.07) is 22.0. The number of hydrogen-bond acceptors (Lipinski definition) is 1. The molecule has 2 nitrogen and oxygen atoms in total. The lowest BCUT2D eigenvalue weighted by Gasteiger charge is -2.00. The van der Waals surface area contributed by atoms with Crippen LogP contribution < -0.4 is 0 Å². The van der Waals surface area contributed by atoms with E-state index in [4.69, 9.17) is 5.11 Å². The molecule has 3 rings (SSSR count).